The monoisotopic (exact) mass is 232 g/mol. The van der Waals surface area contributed by atoms with Crippen LogP contribution in [-0.4, -0.2) is 39.1 Å². The van der Waals surface area contributed by atoms with Gasteiger partial charge in [-0.1, -0.05) is 0 Å². The Kier molecular flexibility index (Phi) is 2.48. The van der Waals surface area contributed by atoms with Crippen LogP contribution in [0.3, 0.4) is 0 Å². The maximum absolute atomic E-state index is 11.2. The van der Waals surface area contributed by atoms with E-state index in [1.54, 1.807) is 18.3 Å². The lowest BCUT2D eigenvalue weighted by atomic mass is 10.1. The van der Waals surface area contributed by atoms with Crippen LogP contribution in [0.5, 0.6) is 0 Å². The van der Waals surface area contributed by atoms with Crippen molar-refractivity contribution in [2.75, 3.05) is 13.6 Å². The summed E-state index contributed by atoms with van der Waals surface area (Å²) in [6, 6.07) is 3.72. The minimum atomic E-state index is 0.0122. The smallest absolute Gasteiger partial charge is 0.183 e. The number of likely N-dealkylation sites (tertiary alicyclic amines) is 1. The minimum absolute atomic E-state index is 0.0122. The normalized spacial score (nSPS) is 21.4. The largest absolute Gasteiger partial charge is 0.303 e. The molecule has 0 aliphatic carbocycles. The van der Waals surface area contributed by atoms with E-state index in [4.69, 9.17) is 0 Å². The number of nitrogens with zero attached hydrogens (tertiary/aromatic N) is 3. The summed E-state index contributed by atoms with van der Waals surface area (Å²) >= 11 is 0. The molecule has 1 saturated heterocycles. The number of pyridine rings is 1. The third-order valence-electron chi connectivity index (χ3n) is 3.59. The van der Waals surface area contributed by atoms with Gasteiger partial charge in [-0.05, 0) is 26.4 Å². The lowest BCUT2D eigenvalue weighted by Gasteiger charge is -2.18. The summed E-state index contributed by atoms with van der Waals surface area (Å²) in [6.07, 6.45) is 5.22. The van der Waals surface area contributed by atoms with E-state index >= 15 is 0 Å². The molecular formula is C12H16N4O. The van der Waals surface area contributed by atoms with Crippen LogP contribution in [0.1, 0.15) is 18.7 Å². The molecule has 0 radical (unpaired) electrons. The lowest BCUT2D eigenvalue weighted by molar-refractivity contribution is 0.305. The Morgan fingerprint density at radius 1 is 1.59 bits per heavy atom. The van der Waals surface area contributed by atoms with Crippen LogP contribution < -0.4 is 5.43 Å². The van der Waals surface area contributed by atoms with E-state index in [-0.39, 0.29) is 5.43 Å². The van der Waals surface area contributed by atoms with E-state index in [9.17, 15) is 4.79 Å². The Balaban J connectivity index is 1.93. The second-order valence-electron chi connectivity index (χ2n) is 4.74. The van der Waals surface area contributed by atoms with E-state index < -0.39 is 0 Å². The topological polar surface area (TPSA) is 53.4 Å². The van der Waals surface area contributed by atoms with E-state index in [2.05, 4.69) is 22.1 Å². The molecular weight excluding hydrogens is 216 g/mol. The quantitative estimate of drug-likeness (QED) is 0.827. The predicted molar refractivity (Wildman–Crippen MR) is 65.2 cm³/mol. The van der Waals surface area contributed by atoms with Crippen molar-refractivity contribution in [2.24, 2.45) is 0 Å². The summed E-state index contributed by atoms with van der Waals surface area (Å²) in [7, 11) is 2.16. The summed E-state index contributed by atoms with van der Waals surface area (Å²) in [5, 5.41) is 7.22. The number of nitrogens with one attached hydrogen (secondary N) is 1. The molecule has 3 rings (SSSR count). The van der Waals surface area contributed by atoms with Gasteiger partial charge in [0.05, 0.1) is 0 Å². The molecule has 90 valence electrons. The molecule has 5 nitrogen and oxygen atoms in total. The highest BCUT2D eigenvalue weighted by molar-refractivity contribution is 5.37. The number of rotatable bonds is 2. The van der Waals surface area contributed by atoms with Crippen LogP contribution in [-0.2, 0) is 6.42 Å². The summed E-state index contributed by atoms with van der Waals surface area (Å²) in [4.78, 5) is 13.6. The fourth-order valence-corrected chi connectivity index (χ4v) is 2.56. The van der Waals surface area contributed by atoms with Crippen molar-refractivity contribution in [1.82, 2.24) is 19.5 Å². The lowest BCUT2D eigenvalue weighted by Crippen LogP contribution is -2.27. The standard InChI is InChI=1S/C12H16N4O/c1-15-5-2-3-9(15)7-11-13-14-12-8-10(17)4-6-16(11)12/h4,6,8-9,14H,2-3,5,7H2,1H3. The first-order valence-corrected chi connectivity index (χ1v) is 6.00. The van der Waals surface area contributed by atoms with Gasteiger partial charge in [0.15, 0.2) is 5.43 Å². The number of H-pyrrole nitrogens is 1. The molecule has 17 heavy (non-hydrogen) atoms. The van der Waals surface area contributed by atoms with Crippen LogP contribution in [0.15, 0.2) is 23.1 Å². The van der Waals surface area contributed by atoms with Crippen LogP contribution in [0, 0.1) is 0 Å². The maximum Gasteiger partial charge on any atom is 0.183 e. The molecule has 1 aliphatic rings. The molecule has 1 aliphatic heterocycles. The maximum atomic E-state index is 11.2. The Bertz CT molecular complexity index is 585. The molecule has 3 heterocycles. The molecule has 0 amide bonds. The highest BCUT2D eigenvalue weighted by atomic mass is 16.1. The van der Waals surface area contributed by atoms with Gasteiger partial charge in [0.2, 0.25) is 0 Å². The minimum Gasteiger partial charge on any atom is -0.303 e. The first-order chi connectivity index (χ1) is 8.24. The molecule has 1 fully saturated rings. The summed E-state index contributed by atoms with van der Waals surface area (Å²) in [5.74, 6) is 0.999. The number of likely N-dealkylation sites (N-methyl/N-ethyl adjacent to an activating group) is 1. The van der Waals surface area contributed by atoms with Crippen LogP contribution >= 0.6 is 0 Å². The molecule has 0 spiro atoms. The molecule has 1 unspecified atom stereocenters. The van der Waals surface area contributed by atoms with Crippen LogP contribution in [0.4, 0.5) is 0 Å². The number of aromatic amines is 1. The van der Waals surface area contributed by atoms with Gasteiger partial charge in [0.25, 0.3) is 0 Å². The summed E-state index contributed by atoms with van der Waals surface area (Å²) < 4.78 is 1.97. The Labute approximate surface area is 99.1 Å². The molecule has 2 aromatic heterocycles. The summed E-state index contributed by atoms with van der Waals surface area (Å²) in [6.45, 7) is 1.17. The van der Waals surface area contributed by atoms with Gasteiger partial charge in [0.1, 0.15) is 11.5 Å². The molecule has 0 bridgehead atoms. The van der Waals surface area contributed by atoms with Gasteiger partial charge in [-0.3, -0.25) is 14.3 Å². The zero-order chi connectivity index (χ0) is 11.8. The van der Waals surface area contributed by atoms with Crippen molar-refractivity contribution in [3.05, 3.63) is 34.4 Å². The average molecular weight is 232 g/mol. The highest BCUT2D eigenvalue weighted by Crippen LogP contribution is 2.18. The molecule has 0 aromatic carbocycles. The Hall–Kier alpha value is -1.62. The number of hydrogen-bond donors (Lipinski definition) is 1. The van der Waals surface area contributed by atoms with Crippen molar-refractivity contribution in [3.63, 3.8) is 0 Å². The summed E-state index contributed by atoms with van der Waals surface area (Å²) in [5.41, 5.74) is 0.784. The number of fused-ring (bicyclic) bond motifs is 1. The van der Waals surface area contributed by atoms with Gasteiger partial charge in [-0.15, -0.1) is 0 Å². The fourth-order valence-electron chi connectivity index (χ4n) is 2.56. The zero-order valence-electron chi connectivity index (χ0n) is 9.89. The predicted octanol–water partition coefficient (Wildman–Crippen LogP) is 0.659. The van der Waals surface area contributed by atoms with Gasteiger partial charge in [-0.25, -0.2) is 0 Å². The van der Waals surface area contributed by atoms with Crippen molar-refractivity contribution in [1.29, 1.82) is 0 Å². The average Bonchev–Trinajstić information content (AvgIpc) is 2.87. The van der Waals surface area contributed by atoms with E-state index in [0.29, 0.717) is 6.04 Å². The van der Waals surface area contributed by atoms with Crippen LogP contribution in [0.2, 0.25) is 0 Å². The van der Waals surface area contributed by atoms with Crippen molar-refractivity contribution in [2.45, 2.75) is 25.3 Å². The van der Waals surface area contributed by atoms with Gasteiger partial charge in [-0.2, -0.15) is 5.10 Å². The molecule has 5 heteroatoms. The van der Waals surface area contributed by atoms with Crippen molar-refractivity contribution < 1.29 is 0 Å². The van der Waals surface area contributed by atoms with E-state index in [0.717, 1.165) is 17.9 Å². The second kappa shape index (κ2) is 4.00. The molecule has 0 saturated carbocycles. The molecule has 1 atom stereocenters. The first kappa shape index (κ1) is 10.5. The van der Waals surface area contributed by atoms with Crippen LogP contribution in [0.25, 0.3) is 5.65 Å². The Morgan fingerprint density at radius 3 is 3.24 bits per heavy atom. The third-order valence-corrected chi connectivity index (χ3v) is 3.59. The SMILES string of the molecule is CN1CCCC1Cc1n[nH]c2cc(=O)ccn12. The zero-order valence-corrected chi connectivity index (χ0v) is 9.89. The van der Waals surface area contributed by atoms with Crippen molar-refractivity contribution >= 4 is 5.65 Å². The number of aromatic nitrogens is 3. The van der Waals surface area contributed by atoms with E-state index in [1.165, 1.54) is 19.4 Å². The second-order valence-corrected chi connectivity index (χ2v) is 4.74. The van der Waals surface area contributed by atoms with Gasteiger partial charge < -0.3 is 4.90 Å². The fraction of sp³-hybridized carbons (Fsp3) is 0.500. The van der Waals surface area contributed by atoms with Crippen molar-refractivity contribution in [3.8, 4) is 0 Å². The van der Waals surface area contributed by atoms with Gasteiger partial charge in [0, 0.05) is 30.8 Å². The molecule has 2 aromatic rings. The third kappa shape index (κ3) is 1.86. The highest BCUT2D eigenvalue weighted by Gasteiger charge is 2.22. The molecule has 1 N–H and O–H groups in total. The van der Waals surface area contributed by atoms with E-state index in [1.807, 2.05) is 4.40 Å². The Morgan fingerprint density at radius 2 is 2.47 bits per heavy atom. The van der Waals surface area contributed by atoms with Gasteiger partial charge >= 0.3 is 0 Å². The first-order valence-electron chi connectivity index (χ1n) is 6.00. The number of hydrogen-bond acceptors (Lipinski definition) is 3.